The zero-order chi connectivity index (χ0) is 12.7. The van der Waals surface area contributed by atoms with Crippen LogP contribution < -0.4 is 0 Å². The summed E-state index contributed by atoms with van der Waals surface area (Å²) in [6, 6.07) is 9.99. The van der Waals surface area contributed by atoms with Gasteiger partial charge in [0.25, 0.3) is 0 Å². The van der Waals surface area contributed by atoms with E-state index in [1.807, 2.05) is 44.2 Å². The van der Waals surface area contributed by atoms with Gasteiger partial charge in [-0.25, -0.2) is 4.79 Å². The molecule has 0 radical (unpaired) electrons. The molecule has 1 atom stereocenters. The van der Waals surface area contributed by atoms with E-state index in [1.165, 1.54) is 5.56 Å². The number of rotatable bonds is 6. The number of hydrogen-bond donors (Lipinski definition) is 0. The number of carbonyl (C=O) groups excluding carboxylic acids is 1. The van der Waals surface area contributed by atoms with Gasteiger partial charge in [0, 0.05) is 12.0 Å². The van der Waals surface area contributed by atoms with Gasteiger partial charge in [0.1, 0.15) is 0 Å². The standard InChI is InChI=1S/C15H20O2/c1-4-12(2)13(3)15(16)17-11-10-14-8-6-5-7-9-14/h5-9,12H,3-4,10-11H2,1-2H3. The minimum absolute atomic E-state index is 0.194. The Bertz CT molecular complexity index is 368. The molecule has 1 unspecified atom stereocenters. The highest BCUT2D eigenvalue weighted by Crippen LogP contribution is 2.13. The Labute approximate surface area is 103 Å². The molecule has 0 fully saturated rings. The van der Waals surface area contributed by atoms with Gasteiger partial charge in [-0.1, -0.05) is 50.8 Å². The first kappa shape index (κ1) is 13.5. The molecule has 0 aromatic heterocycles. The quantitative estimate of drug-likeness (QED) is 0.555. The van der Waals surface area contributed by atoms with E-state index in [-0.39, 0.29) is 11.9 Å². The summed E-state index contributed by atoms with van der Waals surface area (Å²) in [5, 5.41) is 0. The monoisotopic (exact) mass is 232 g/mol. The lowest BCUT2D eigenvalue weighted by Gasteiger charge is -2.11. The molecule has 1 aromatic rings. The Morgan fingerprint density at radius 1 is 1.35 bits per heavy atom. The highest BCUT2D eigenvalue weighted by atomic mass is 16.5. The van der Waals surface area contributed by atoms with Crippen molar-refractivity contribution in [1.29, 1.82) is 0 Å². The van der Waals surface area contributed by atoms with Crippen LogP contribution in [0.25, 0.3) is 0 Å². The van der Waals surface area contributed by atoms with Gasteiger partial charge < -0.3 is 4.74 Å². The van der Waals surface area contributed by atoms with Crippen LogP contribution in [0.2, 0.25) is 0 Å². The third-order valence-electron chi connectivity index (χ3n) is 2.94. The summed E-state index contributed by atoms with van der Waals surface area (Å²) in [5.41, 5.74) is 1.75. The largest absolute Gasteiger partial charge is 0.462 e. The van der Waals surface area contributed by atoms with Crippen LogP contribution in [0.4, 0.5) is 0 Å². The molecule has 0 N–H and O–H groups in total. The molecule has 0 bridgehead atoms. The van der Waals surface area contributed by atoms with Crippen LogP contribution in [0.3, 0.4) is 0 Å². The van der Waals surface area contributed by atoms with E-state index in [9.17, 15) is 4.79 Å². The van der Waals surface area contributed by atoms with Gasteiger partial charge in [0.2, 0.25) is 0 Å². The molecule has 92 valence electrons. The fourth-order valence-corrected chi connectivity index (χ4v) is 1.45. The summed E-state index contributed by atoms with van der Waals surface area (Å²) in [5.74, 6) is -0.0745. The van der Waals surface area contributed by atoms with Crippen molar-refractivity contribution in [2.24, 2.45) is 5.92 Å². The third kappa shape index (κ3) is 4.43. The van der Waals surface area contributed by atoms with Crippen molar-refractivity contribution in [3.63, 3.8) is 0 Å². The van der Waals surface area contributed by atoms with E-state index in [1.54, 1.807) is 0 Å². The maximum absolute atomic E-state index is 11.6. The average molecular weight is 232 g/mol. The van der Waals surface area contributed by atoms with E-state index >= 15 is 0 Å². The predicted octanol–water partition coefficient (Wildman–Crippen LogP) is 3.37. The summed E-state index contributed by atoms with van der Waals surface area (Å²) >= 11 is 0. The highest BCUT2D eigenvalue weighted by Gasteiger charge is 2.13. The molecule has 17 heavy (non-hydrogen) atoms. The van der Waals surface area contributed by atoms with Crippen LogP contribution in [0, 0.1) is 5.92 Å². The first-order chi connectivity index (χ1) is 8.15. The lowest BCUT2D eigenvalue weighted by atomic mass is 10.0. The zero-order valence-electron chi connectivity index (χ0n) is 10.6. The van der Waals surface area contributed by atoms with Gasteiger partial charge in [-0.05, 0) is 17.9 Å². The molecule has 0 amide bonds. The van der Waals surface area contributed by atoms with E-state index < -0.39 is 0 Å². The minimum Gasteiger partial charge on any atom is -0.462 e. The summed E-state index contributed by atoms with van der Waals surface area (Å²) in [7, 11) is 0. The second-order valence-corrected chi connectivity index (χ2v) is 4.21. The maximum atomic E-state index is 11.6. The third-order valence-corrected chi connectivity index (χ3v) is 2.94. The molecule has 0 spiro atoms. The number of ether oxygens (including phenoxy) is 1. The number of hydrogen-bond acceptors (Lipinski definition) is 2. The van der Waals surface area contributed by atoms with Crippen LogP contribution in [0.1, 0.15) is 25.8 Å². The van der Waals surface area contributed by atoms with Crippen LogP contribution in [0.15, 0.2) is 42.5 Å². The van der Waals surface area contributed by atoms with Gasteiger partial charge in [0.05, 0.1) is 6.61 Å². The zero-order valence-corrected chi connectivity index (χ0v) is 10.6. The average Bonchev–Trinajstić information content (AvgIpc) is 2.38. The Kier molecular flexibility index (Phi) is 5.47. The second kappa shape index (κ2) is 6.89. The van der Waals surface area contributed by atoms with E-state index in [2.05, 4.69) is 6.58 Å². The lowest BCUT2D eigenvalue weighted by molar-refractivity contribution is -0.139. The topological polar surface area (TPSA) is 26.3 Å². The lowest BCUT2D eigenvalue weighted by Crippen LogP contribution is -2.14. The number of benzene rings is 1. The van der Waals surface area contributed by atoms with Gasteiger partial charge >= 0.3 is 5.97 Å². The van der Waals surface area contributed by atoms with Crippen LogP contribution in [0.5, 0.6) is 0 Å². The van der Waals surface area contributed by atoms with Crippen molar-refractivity contribution in [2.75, 3.05) is 6.61 Å². The molecule has 0 aliphatic carbocycles. The van der Waals surface area contributed by atoms with Crippen LogP contribution >= 0.6 is 0 Å². The van der Waals surface area contributed by atoms with Crippen molar-refractivity contribution >= 4 is 5.97 Å². The van der Waals surface area contributed by atoms with Crippen molar-refractivity contribution in [1.82, 2.24) is 0 Å². The van der Waals surface area contributed by atoms with Gasteiger partial charge in [0.15, 0.2) is 0 Å². The SMILES string of the molecule is C=C(C(=O)OCCc1ccccc1)C(C)CC. The molecule has 2 nitrogen and oxygen atoms in total. The number of esters is 1. The molecule has 0 saturated heterocycles. The molecular formula is C15H20O2. The summed E-state index contributed by atoms with van der Waals surface area (Å²) in [6.07, 6.45) is 1.66. The van der Waals surface area contributed by atoms with Gasteiger partial charge in [-0.2, -0.15) is 0 Å². The Morgan fingerprint density at radius 3 is 2.59 bits per heavy atom. The van der Waals surface area contributed by atoms with Crippen molar-refractivity contribution in [3.8, 4) is 0 Å². The molecule has 1 rings (SSSR count). The first-order valence-corrected chi connectivity index (χ1v) is 6.05. The van der Waals surface area contributed by atoms with E-state index in [0.717, 1.165) is 12.8 Å². The van der Waals surface area contributed by atoms with E-state index in [0.29, 0.717) is 12.2 Å². The van der Waals surface area contributed by atoms with Crippen molar-refractivity contribution < 1.29 is 9.53 Å². The molecule has 2 heteroatoms. The van der Waals surface area contributed by atoms with Crippen LogP contribution in [-0.2, 0) is 16.0 Å². The Morgan fingerprint density at radius 2 is 2.00 bits per heavy atom. The first-order valence-electron chi connectivity index (χ1n) is 6.05. The fraction of sp³-hybridized carbons (Fsp3) is 0.400. The normalized spacial score (nSPS) is 11.9. The molecule has 0 heterocycles. The summed E-state index contributed by atoms with van der Waals surface area (Å²) in [6.45, 7) is 8.21. The molecule has 1 aromatic carbocycles. The Hall–Kier alpha value is -1.57. The van der Waals surface area contributed by atoms with Gasteiger partial charge in [-0.15, -0.1) is 0 Å². The smallest absolute Gasteiger partial charge is 0.333 e. The van der Waals surface area contributed by atoms with Gasteiger partial charge in [-0.3, -0.25) is 0 Å². The second-order valence-electron chi connectivity index (χ2n) is 4.21. The molecule has 0 aliphatic rings. The summed E-state index contributed by atoms with van der Waals surface area (Å²) < 4.78 is 5.19. The summed E-state index contributed by atoms with van der Waals surface area (Å²) in [4.78, 5) is 11.6. The van der Waals surface area contributed by atoms with Crippen LogP contribution in [-0.4, -0.2) is 12.6 Å². The van der Waals surface area contributed by atoms with Crippen molar-refractivity contribution in [2.45, 2.75) is 26.7 Å². The predicted molar refractivity (Wildman–Crippen MR) is 69.7 cm³/mol. The fourth-order valence-electron chi connectivity index (χ4n) is 1.45. The molecule has 0 aliphatic heterocycles. The maximum Gasteiger partial charge on any atom is 0.333 e. The van der Waals surface area contributed by atoms with E-state index in [4.69, 9.17) is 4.74 Å². The van der Waals surface area contributed by atoms with Crippen molar-refractivity contribution in [3.05, 3.63) is 48.0 Å². The highest BCUT2D eigenvalue weighted by molar-refractivity contribution is 5.88. The molecule has 0 saturated carbocycles. The minimum atomic E-state index is -0.268. The molecular weight excluding hydrogens is 212 g/mol. The number of carbonyl (C=O) groups is 1. The Balaban J connectivity index is 2.32.